The number of hydrogen-bond donors (Lipinski definition) is 3. The second-order valence-corrected chi connectivity index (χ2v) is 14.0. The number of phosphoric ester groups is 1. The Morgan fingerprint density at radius 3 is 2.43 bits per heavy atom. The monoisotopic (exact) mass is 723 g/mol. The van der Waals surface area contributed by atoms with Crippen molar-refractivity contribution in [3.05, 3.63) is 41.9 Å². The Balaban J connectivity index is 0.000000771. The molecule has 0 aliphatic carbocycles. The van der Waals surface area contributed by atoms with Gasteiger partial charge >= 0.3 is 13.7 Å². The summed E-state index contributed by atoms with van der Waals surface area (Å²) in [6.07, 6.45) is -1.85. The van der Waals surface area contributed by atoms with E-state index in [-0.39, 0.29) is 28.0 Å². The van der Waals surface area contributed by atoms with Crippen LogP contribution in [0, 0.1) is 5.92 Å². The number of aliphatic hydroxyl groups excluding tert-OH is 1. The standard InChI is InChI=1S/C20H24ClFN6O10P2.C7H16/c1-10(19(30)34-2)27-39(31,37-11-6-4-3-5-7-11)38-40(32,33)35-8-12-15(29)13(22)18(36-12)28-9-24-14-16(23)25-20(21)26-17(14)28;1-4-7(5-2)6-3/h3-7,9-10,12-13,15,18,29H,8H2,1-2H3,(H,27,31)(H,32,33)(H2,23,25,26);7H,4-6H2,1-3H3/p-1/t10-,12+,13+,15?,18+,39?;/m0./s1. The number of anilines is 1. The Labute approximate surface area is 276 Å². The number of benzene rings is 1. The number of imidazole rings is 1. The van der Waals surface area contributed by atoms with Gasteiger partial charge in [-0.15, -0.1) is 0 Å². The van der Waals surface area contributed by atoms with E-state index in [1.165, 1.54) is 50.5 Å². The number of aliphatic hydroxyl groups is 1. The molecule has 47 heavy (non-hydrogen) atoms. The molecule has 0 amide bonds. The first-order valence-electron chi connectivity index (χ1n) is 14.7. The second kappa shape index (κ2) is 17.1. The molecule has 0 bridgehead atoms. The number of hydrogen-bond acceptors (Lipinski definition) is 14. The molecule has 1 saturated heterocycles. The molecular weight excluding hydrogens is 685 g/mol. The molecule has 1 aliphatic heterocycles. The number of nitrogens with zero attached hydrogens (tertiary/aromatic N) is 4. The van der Waals surface area contributed by atoms with Crippen LogP contribution in [0.5, 0.6) is 5.75 Å². The van der Waals surface area contributed by atoms with E-state index in [4.69, 9.17) is 35.4 Å². The van der Waals surface area contributed by atoms with Crippen molar-refractivity contribution < 1.29 is 51.1 Å². The van der Waals surface area contributed by atoms with E-state index in [1.807, 2.05) is 0 Å². The van der Waals surface area contributed by atoms with Gasteiger partial charge in [-0.3, -0.25) is 13.9 Å². The molecule has 4 rings (SSSR count). The minimum absolute atomic E-state index is 0.00143. The minimum atomic E-state index is -5.52. The highest BCUT2D eigenvalue weighted by molar-refractivity contribution is 7.63. The fourth-order valence-corrected chi connectivity index (χ4v) is 7.60. The topological polar surface area (TPSA) is 222 Å². The number of carbonyl (C=O) groups is 1. The summed E-state index contributed by atoms with van der Waals surface area (Å²) in [5, 5.41) is 12.3. The summed E-state index contributed by atoms with van der Waals surface area (Å²) in [4.78, 5) is 36.1. The van der Waals surface area contributed by atoms with Crippen LogP contribution in [0.1, 0.15) is 53.2 Å². The number of nitrogens with one attached hydrogen (secondary N) is 1. The second-order valence-electron chi connectivity index (χ2n) is 10.4. The number of methoxy groups -OCH3 is 1. The van der Waals surface area contributed by atoms with E-state index in [0.29, 0.717) is 0 Å². The Hall–Kier alpha value is -2.72. The Morgan fingerprint density at radius 1 is 1.21 bits per heavy atom. The van der Waals surface area contributed by atoms with Crippen LogP contribution in [0.2, 0.25) is 5.28 Å². The number of fused-ring (bicyclic) bond motifs is 1. The van der Waals surface area contributed by atoms with Crippen molar-refractivity contribution in [1.82, 2.24) is 24.6 Å². The summed E-state index contributed by atoms with van der Waals surface area (Å²) >= 11 is 5.82. The lowest BCUT2D eigenvalue weighted by molar-refractivity contribution is -0.220. The predicted molar refractivity (Wildman–Crippen MR) is 168 cm³/mol. The average molecular weight is 724 g/mol. The summed E-state index contributed by atoms with van der Waals surface area (Å²) < 4.78 is 66.8. The summed E-state index contributed by atoms with van der Waals surface area (Å²) in [6, 6.07) is 6.02. The Bertz CT molecular complexity index is 1560. The lowest BCUT2D eigenvalue weighted by Gasteiger charge is -2.29. The van der Waals surface area contributed by atoms with Gasteiger partial charge in [-0.05, 0) is 36.6 Å². The maximum atomic E-state index is 15.0. The molecule has 2 aromatic heterocycles. The van der Waals surface area contributed by atoms with Gasteiger partial charge in [0.25, 0.3) is 7.82 Å². The molecule has 7 atom stereocenters. The van der Waals surface area contributed by atoms with E-state index in [9.17, 15) is 23.9 Å². The highest BCUT2D eigenvalue weighted by Crippen LogP contribution is 2.58. The molecule has 3 aromatic rings. The third-order valence-corrected chi connectivity index (χ3v) is 10.6. The van der Waals surface area contributed by atoms with E-state index < -0.39 is 58.8 Å². The number of aromatic nitrogens is 4. The van der Waals surface area contributed by atoms with E-state index in [2.05, 4.69) is 45.5 Å². The summed E-state index contributed by atoms with van der Waals surface area (Å²) in [7, 11) is -9.30. The van der Waals surface area contributed by atoms with Crippen molar-refractivity contribution in [3.63, 3.8) is 0 Å². The van der Waals surface area contributed by atoms with Crippen molar-refractivity contribution in [2.75, 3.05) is 19.5 Å². The number of ether oxygens (including phenoxy) is 2. The lowest BCUT2D eigenvalue weighted by Crippen LogP contribution is -2.35. The van der Waals surface area contributed by atoms with Gasteiger partial charge in [0, 0.05) is 0 Å². The summed E-state index contributed by atoms with van der Waals surface area (Å²) in [6.45, 7) is 7.05. The number of para-hydroxylation sites is 1. The third kappa shape index (κ3) is 10.4. The van der Waals surface area contributed by atoms with Gasteiger partial charge in [-0.25, -0.2) is 18.3 Å². The maximum Gasteiger partial charge on any atom is 0.465 e. The largest absolute Gasteiger partial charge is 0.756 e. The molecule has 1 aromatic carbocycles. The number of phosphoric acid groups is 1. The number of rotatable bonds is 14. The fraction of sp³-hybridized carbons (Fsp3) is 0.556. The first-order valence-corrected chi connectivity index (χ1v) is 18.1. The molecule has 16 nitrogen and oxygen atoms in total. The van der Waals surface area contributed by atoms with Crippen LogP contribution in [-0.2, 0) is 32.2 Å². The molecule has 3 heterocycles. The molecule has 262 valence electrons. The maximum absolute atomic E-state index is 15.0. The van der Waals surface area contributed by atoms with Crippen molar-refractivity contribution in [1.29, 1.82) is 0 Å². The zero-order valence-corrected chi connectivity index (χ0v) is 28.9. The van der Waals surface area contributed by atoms with Crippen LogP contribution in [-0.4, -0.2) is 68.7 Å². The number of halogens is 2. The molecule has 4 N–H and O–H groups in total. The number of nitrogen functional groups attached to an aromatic ring is 1. The molecule has 0 radical (unpaired) electrons. The van der Waals surface area contributed by atoms with Crippen LogP contribution < -0.4 is 20.2 Å². The van der Waals surface area contributed by atoms with Gasteiger partial charge in [0.2, 0.25) is 5.28 Å². The van der Waals surface area contributed by atoms with E-state index in [0.717, 1.165) is 23.9 Å². The SMILES string of the molecule is CCC(CC)CC.COC(=O)[C@H](C)NP(=O)(Oc1ccccc1)OP(=O)([O-])OC[C@H]1O[C@@H](n2cnc3c(N)nc(Cl)nc32)[C@H](F)C1O. The first-order chi connectivity index (χ1) is 22.2. The van der Waals surface area contributed by atoms with Crippen molar-refractivity contribution >= 4 is 50.1 Å². The molecule has 1 aliphatic rings. The van der Waals surface area contributed by atoms with Crippen LogP contribution in [0.25, 0.3) is 11.2 Å². The van der Waals surface area contributed by atoms with Crippen LogP contribution in [0.15, 0.2) is 36.7 Å². The lowest BCUT2D eigenvalue weighted by atomic mass is 10.0. The van der Waals surface area contributed by atoms with Gasteiger partial charge in [0.1, 0.15) is 29.5 Å². The van der Waals surface area contributed by atoms with Crippen molar-refractivity contribution in [2.24, 2.45) is 5.92 Å². The van der Waals surface area contributed by atoms with Crippen molar-refractivity contribution in [3.8, 4) is 5.75 Å². The van der Waals surface area contributed by atoms with Crippen LogP contribution >= 0.6 is 27.2 Å². The first kappa shape index (κ1) is 38.7. The van der Waals surface area contributed by atoms with Gasteiger partial charge in [0.05, 0.1) is 20.0 Å². The highest BCUT2D eigenvalue weighted by atomic mass is 35.5. The molecule has 0 saturated carbocycles. The number of carbonyl (C=O) groups excluding carboxylic acids is 1. The van der Waals surface area contributed by atoms with Crippen molar-refractivity contribution in [2.45, 2.75) is 77.6 Å². The molecule has 3 unspecified atom stereocenters. The zero-order valence-electron chi connectivity index (χ0n) is 26.4. The molecule has 0 spiro atoms. The normalized spacial score (nSPS) is 22.6. The smallest absolute Gasteiger partial charge is 0.465 e. The summed E-state index contributed by atoms with van der Waals surface area (Å²) in [5.41, 5.74) is 5.84. The Morgan fingerprint density at radius 2 is 1.85 bits per heavy atom. The van der Waals surface area contributed by atoms with E-state index in [1.54, 1.807) is 6.07 Å². The van der Waals surface area contributed by atoms with E-state index >= 15 is 4.39 Å². The number of esters is 1. The fourth-order valence-electron chi connectivity index (χ4n) is 4.50. The third-order valence-electron chi connectivity index (χ3n) is 7.20. The summed E-state index contributed by atoms with van der Waals surface area (Å²) in [5.74, 6) is -0.0561. The molecular formula is C27H39ClFN6O10P2-. The molecule has 20 heteroatoms. The predicted octanol–water partition coefficient (Wildman–Crippen LogP) is 4.33. The van der Waals surface area contributed by atoms with Gasteiger partial charge < -0.3 is 34.3 Å². The van der Waals surface area contributed by atoms with Gasteiger partial charge in [-0.2, -0.15) is 15.1 Å². The highest BCUT2D eigenvalue weighted by Gasteiger charge is 2.47. The number of nitrogens with two attached hydrogens (primary N) is 1. The minimum Gasteiger partial charge on any atom is -0.756 e. The number of alkyl halides is 1. The Kier molecular flexibility index (Phi) is 14.1. The zero-order chi connectivity index (χ0) is 34.9. The average Bonchev–Trinajstić information content (AvgIpc) is 3.56. The van der Waals surface area contributed by atoms with Crippen LogP contribution in [0.4, 0.5) is 10.2 Å². The van der Waals surface area contributed by atoms with Gasteiger partial charge in [0.15, 0.2) is 23.9 Å². The quantitative estimate of drug-likeness (QED) is 0.120. The van der Waals surface area contributed by atoms with Gasteiger partial charge in [-0.1, -0.05) is 58.2 Å². The molecule has 1 fully saturated rings. The van der Waals surface area contributed by atoms with Crippen LogP contribution in [0.3, 0.4) is 0 Å².